The molecule has 4 heteroatoms. The zero-order valence-corrected chi connectivity index (χ0v) is 8.56. The number of carbonyl (C=O) groups is 1. The molecular formula is C11H11NO3. The molecule has 0 N–H and O–H groups in total. The van der Waals surface area contributed by atoms with Crippen molar-refractivity contribution in [3.63, 3.8) is 0 Å². The molecule has 0 heterocycles. The van der Waals surface area contributed by atoms with E-state index in [2.05, 4.69) is 4.74 Å². The van der Waals surface area contributed by atoms with Gasteiger partial charge in [-0.15, -0.1) is 0 Å². The highest BCUT2D eigenvalue weighted by molar-refractivity contribution is 5.74. The number of benzene rings is 1. The van der Waals surface area contributed by atoms with E-state index in [-0.39, 0.29) is 0 Å². The quantitative estimate of drug-likeness (QED) is 0.701. The fourth-order valence-electron chi connectivity index (χ4n) is 1.03. The number of rotatable bonds is 3. The standard InChI is InChI=1S/C11H11NO3/c1-8(11(13)14-2)15-10-5-3-9(7-12)4-6-10/h3-6,8H,1-2H3/t8-/m1/s1. The average molecular weight is 205 g/mol. The summed E-state index contributed by atoms with van der Waals surface area (Å²) in [6.07, 6.45) is -0.650. The van der Waals surface area contributed by atoms with Crippen molar-refractivity contribution in [3.8, 4) is 11.8 Å². The lowest BCUT2D eigenvalue weighted by molar-refractivity contribution is -0.147. The van der Waals surface area contributed by atoms with Crippen molar-refractivity contribution in [3.05, 3.63) is 29.8 Å². The van der Waals surface area contributed by atoms with Crippen molar-refractivity contribution < 1.29 is 14.3 Å². The molecule has 0 amide bonds. The van der Waals surface area contributed by atoms with Crippen LogP contribution in [0.1, 0.15) is 12.5 Å². The summed E-state index contributed by atoms with van der Waals surface area (Å²) >= 11 is 0. The Morgan fingerprint density at radius 3 is 2.47 bits per heavy atom. The van der Waals surface area contributed by atoms with Crippen molar-refractivity contribution in [2.75, 3.05) is 7.11 Å². The summed E-state index contributed by atoms with van der Waals surface area (Å²) in [5.41, 5.74) is 0.549. The van der Waals surface area contributed by atoms with Crippen LogP contribution in [0.5, 0.6) is 5.75 Å². The maximum Gasteiger partial charge on any atom is 0.346 e. The van der Waals surface area contributed by atoms with E-state index >= 15 is 0 Å². The summed E-state index contributed by atoms with van der Waals surface area (Å²) in [5, 5.41) is 8.57. The Bertz CT molecular complexity index is 378. The Morgan fingerprint density at radius 1 is 1.40 bits per heavy atom. The van der Waals surface area contributed by atoms with Crippen LogP contribution < -0.4 is 4.74 Å². The van der Waals surface area contributed by atoms with E-state index in [1.165, 1.54) is 7.11 Å². The summed E-state index contributed by atoms with van der Waals surface area (Å²) in [4.78, 5) is 11.0. The number of esters is 1. The van der Waals surface area contributed by atoms with E-state index in [0.29, 0.717) is 11.3 Å². The van der Waals surface area contributed by atoms with Gasteiger partial charge in [0.05, 0.1) is 18.7 Å². The maximum absolute atomic E-state index is 11.0. The van der Waals surface area contributed by atoms with E-state index in [1.807, 2.05) is 6.07 Å². The number of methoxy groups -OCH3 is 1. The number of ether oxygens (including phenoxy) is 2. The van der Waals surface area contributed by atoms with Crippen molar-refractivity contribution >= 4 is 5.97 Å². The Kier molecular flexibility index (Phi) is 3.69. The minimum Gasteiger partial charge on any atom is -0.479 e. The van der Waals surface area contributed by atoms with Gasteiger partial charge in [0, 0.05) is 0 Å². The van der Waals surface area contributed by atoms with E-state index in [9.17, 15) is 4.79 Å². The molecule has 0 fully saturated rings. The molecule has 0 bridgehead atoms. The minimum absolute atomic E-state index is 0.431. The summed E-state index contributed by atoms with van der Waals surface area (Å²) in [6, 6.07) is 8.52. The number of nitrogens with zero attached hydrogens (tertiary/aromatic N) is 1. The second kappa shape index (κ2) is 5.01. The molecule has 4 nitrogen and oxygen atoms in total. The fraction of sp³-hybridized carbons (Fsp3) is 0.273. The summed E-state index contributed by atoms with van der Waals surface area (Å²) < 4.78 is 9.80. The van der Waals surface area contributed by atoms with Gasteiger partial charge in [-0.1, -0.05) is 0 Å². The highest BCUT2D eigenvalue weighted by atomic mass is 16.6. The van der Waals surface area contributed by atoms with Crippen molar-refractivity contribution in [1.82, 2.24) is 0 Å². The van der Waals surface area contributed by atoms with Crippen LogP contribution in [0.15, 0.2) is 24.3 Å². The molecule has 0 aliphatic heterocycles. The van der Waals surface area contributed by atoms with Crippen LogP contribution in [0.4, 0.5) is 0 Å². The molecule has 0 aromatic heterocycles. The molecule has 0 spiro atoms. The third kappa shape index (κ3) is 2.99. The van der Waals surface area contributed by atoms with Gasteiger partial charge in [0.1, 0.15) is 5.75 Å². The molecule has 0 radical (unpaired) electrons. The topological polar surface area (TPSA) is 59.3 Å². The number of hydrogen-bond acceptors (Lipinski definition) is 4. The predicted molar refractivity (Wildman–Crippen MR) is 53.3 cm³/mol. The van der Waals surface area contributed by atoms with Crippen LogP contribution in [-0.4, -0.2) is 19.2 Å². The first-order chi connectivity index (χ1) is 7.17. The lowest BCUT2D eigenvalue weighted by Gasteiger charge is -2.11. The van der Waals surface area contributed by atoms with Gasteiger partial charge in [-0.3, -0.25) is 0 Å². The number of nitriles is 1. The van der Waals surface area contributed by atoms with Gasteiger partial charge >= 0.3 is 5.97 Å². The molecule has 1 atom stereocenters. The first kappa shape index (κ1) is 11.1. The Balaban J connectivity index is 2.66. The van der Waals surface area contributed by atoms with Gasteiger partial charge in [0.15, 0.2) is 6.10 Å². The van der Waals surface area contributed by atoms with Gasteiger partial charge in [-0.05, 0) is 31.2 Å². The number of carbonyl (C=O) groups excluding carboxylic acids is 1. The molecular weight excluding hydrogens is 194 g/mol. The first-order valence-electron chi connectivity index (χ1n) is 4.42. The smallest absolute Gasteiger partial charge is 0.346 e. The van der Waals surface area contributed by atoms with E-state index in [0.717, 1.165) is 0 Å². The molecule has 0 aliphatic carbocycles. The molecule has 0 aliphatic rings. The summed E-state index contributed by atoms with van der Waals surface area (Å²) in [5.74, 6) is 0.103. The second-order valence-electron chi connectivity index (χ2n) is 2.92. The van der Waals surface area contributed by atoms with Crippen LogP contribution in [0.25, 0.3) is 0 Å². The lowest BCUT2D eigenvalue weighted by Crippen LogP contribution is -2.24. The monoisotopic (exact) mass is 205 g/mol. The van der Waals surface area contributed by atoms with Gasteiger partial charge in [0.25, 0.3) is 0 Å². The number of hydrogen-bond donors (Lipinski definition) is 0. The van der Waals surface area contributed by atoms with Crippen molar-refractivity contribution in [2.24, 2.45) is 0 Å². The van der Waals surface area contributed by atoms with Crippen LogP contribution in [0.3, 0.4) is 0 Å². The molecule has 0 saturated heterocycles. The Hall–Kier alpha value is -2.02. The SMILES string of the molecule is COC(=O)[C@@H](C)Oc1ccc(C#N)cc1. The van der Waals surface area contributed by atoms with Crippen LogP contribution in [-0.2, 0) is 9.53 Å². The molecule has 78 valence electrons. The van der Waals surface area contributed by atoms with E-state index < -0.39 is 12.1 Å². The third-order valence-corrected chi connectivity index (χ3v) is 1.83. The zero-order chi connectivity index (χ0) is 11.3. The van der Waals surface area contributed by atoms with Crippen LogP contribution in [0, 0.1) is 11.3 Å². The van der Waals surface area contributed by atoms with E-state index in [1.54, 1.807) is 31.2 Å². The Morgan fingerprint density at radius 2 is 2.00 bits per heavy atom. The third-order valence-electron chi connectivity index (χ3n) is 1.83. The average Bonchev–Trinajstić information content (AvgIpc) is 2.29. The largest absolute Gasteiger partial charge is 0.479 e. The predicted octanol–water partition coefficient (Wildman–Crippen LogP) is 1.50. The molecule has 0 unspecified atom stereocenters. The Labute approximate surface area is 88.0 Å². The van der Waals surface area contributed by atoms with Crippen LogP contribution in [0.2, 0.25) is 0 Å². The summed E-state index contributed by atoms with van der Waals surface area (Å²) in [6.45, 7) is 1.60. The normalized spacial score (nSPS) is 11.3. The van der Waals surface area contributed by atoms with Crippen molar-refractivity contribution in [1.29, 1.82) is 5.26 Å². The van der Waals surface area contributed by atoms with Crippen molar-refractivity contribution in [2.45, 2.75) is 13.0 Å². The molecule has 15 heavy (non-hydrogen) atoms. The van der Waals surface area contributed by atoms with Gasteiger partial charge in [-0.25, -0.2) is 4.79 Å². The van der Waals surface area contributed by atoms with Gasteiger partial charge in [0.2, 0.25) is 0 Å². The second-order valence-corrected chi connectivity index (χ2v) is 2.92. The highest BCUT2D eigenvalue weighted by Crippen LogP contribution is 2.13. The molecule has 1 rings (SSSR count). The minimum atomic E-state index is -0.650. The highest BCUT2D eigenvalue weighted by Gasteiger charge is 2.14. The first-order valence-corrected chi connectivity index (χ1v) is 4.42. The zero-order valence-electron chi connectivity index (χ0n) is 8.56. The van der Waals surface area contributed by atoms with Gasteiger partial charge < -0.3 is 9.47 Å². The van der Waals surface area contributed by atoms with Crippen LogP contribution >= 0.6 is 0 Å². The molecule has 0 saturated carbocycles. The van der Waals surface area contributed by atoms with Gasteiger partial charge in [-0.2, -0.15) is 5.26 Å². The molecule has 1 aromatic rings. The maximum atomic E-state index is 11.0. The van der Waals surface area contributed by atoms with E-state index in [4.69, 9.17) is 10.00 Å². The lowest BCUT2D eigenvalue weighted by atomic mass is 10.2. The molecule has 1 aromatic carbocycles. The fourth-order valence-corrected chi connectivity index (χ4v) is 1.03. The summed E-state index contributed by atoms with van der Waals surface area (Å²) in [7, 11) is 1.31.